The lowest BCUT2D eigenvalue weighted by Crippen LogP contribution is -2.04. The third kappa shape index (κ3) is 2.70. The third-order valence-corrected chi connectivity index (χ3v) is 2.63. The maximum absolute atomic E-state index is 12.6. The summed E-state index contributed by atoms with van der Waals surface area (Å²) in [5.41, 5.74) is 0.925. The second-order valence-electron chi connectivity index (χ2n) is 3.91. The predicted octanol–water partition coefficient (Wildman–Crippen LogP) is 4.84. The van der Waals surface area contributed by atoms with Crippen LogP contribution in [0, 0.1) is 0 Å². The van der Waals surface area contributed by atoms with Gasteiger partial charge in [-0.2, -0.15) is 13.2 Å². The Hall–Kier alpha value is -1.84. The quantitative estimate of drug-likeness (QED) is 0.672. The zero-order valence-electron chi connectivity index (χ0n) is 9.34. The molecule has 0 saturated carbocycles. The maximum atomic E-state index is 12.6. The first kappa shape index (κ1) is 12.6. The molecule has 0 spiro atoms. The Morgan fingerprint density at radius 1 is 0.833 bits per heavy atom. The van der Waals surface area contributed by atoms with Crippen LogP contribution in [0.2, 0.25) is 0 Å². The predicted molar refractivity (Wildman–Crippen MR) is 61.7 cm³/mol. The molecule has 0 N–H and O–H groups in total. The highest BCUT2D eigenvalue weighted by atomic mass is 19.4. The topological polar surface area (TPSA) is 0 Å². The summed E-state index contributed by atoms with van der Waals surface area (Å²) >= 11 is 0. The van der Waals surface area contributed by atoms with E-state index in [9.17, 15) is 17.6 Å². The van der Waals surface area contributed by atoms with Crippen molar-refractivity contribution in [3.8, 4) is 11.1 Å². The van der Waals surface area contributed by atoms with E-state index in [0.29, 0.717) is 16.7 Å². The highest BCUT2D eigenvalue weighted by Crippen LogP contribution is 2.32. The van der Waals surface area contributed by atoms with Crippen LogP contribution in [0.1, 0.15) is 11.1 Å². The van der Waals surface area contributed by atoms with Crippen molar-refractivity contribution in [1.82, 2.24) is 0 Å². The zero-order chi connectivity index (χ0) is 13.2. The molecule has 0 fully saturated rings. The molecule has 94 valence electrons. The number of halogens is 4. The van der Waals surface area contributed by atoms with Gasteiger partial charge < -0.3 is 0 Å². The molecule has 0 aromatic heterocycles. The summed E-state index contributed by atoms with van der Waals surface area (Å²) in [6.07, 6.45) is -4.35. The van der Waals surface area contributed by atoms with Crippen LogP contribution in [0.5, 0.6) is 0 Å². The highest BCUT2D eigenvalue weighted by molar-refractivity contribution is 5.64. The third-order valence-electron chi connectivity index (χ3n) is 2.63. The molecule has 0 heterocycles. The maximum Gasteiger partial charge on any atom is 0.416 e. The van der Waals surface area contributed by atoms with E-state index < -0.39 is 18.4 Å². The minimum Gasteiger partial charge on any atom is -0.246 e. The second kappa shape index (κ2) is 4.80. The molecule has 2 aromatic rings. The number of hydrogen-bond acceptors (Lipinski definition) is 0. The molecule has 0 bridgehead atoms. The monoisotopic (exact) mass is 254 g/mol. The molecule has 0 radical (unpaired) electrons. The van der Waals surface area contributed by atoms with Crippen LogP contribution in [0.15, 0.2) is 48.5 Å². The molecule has 2 aromatic carbocycles. The minimum atomic E-state index is -4.35. The van der Waals surface area contributed by atoms with Crippen LogP contribution in [0.3, 0.4) is 0 Å². The van der Waals surface area contributed by atoms with Crippen LogP contribution in [0.4, 0.5) is 17.6 Å². The molecule has 0 saturated heterocycles. The van der Waals surface area contributed by atoms with E-state index in [-0.39, 0.29) is 0 Å². The molecule has 0 atom stereocenters. The summed E-state index contributed by atoms with van der Waals surface area (Å²) in [5, 5.41) is 0. The average Bonchev–Trinajstić information content (AvgIpc) is 2.38. The Labute approximate surface area is 102 Å². The molecule has 0 unspecified atom stereocenters. The van der Waals surface area contributed by atoms with E-state index in [1.807, 2.05) is 0 Å². The van der Waals surface area contributed by atoms with Crippen molar-refractivity contribution in [2.75, 3.05) is 0 Å². The molecule has 4 heteroatoms. The summed E-state index contributed by atoms with van der Waals surface area (Å²) in [5.74, 6) is 0. The lowest BCUT2D eigenvalue weighted by molar-refractivity contribution is -0.137. The van der Waals surface area contributed by atoms with Crippen LogP contribution >= 0.6 is 0 Å². The van der Waals surface area contributed by atoms with E-state index in [1.54, 1.807) is 30.3 Å². The van der Waals surface area contributed by atoms with Gasteiger partial charge >= 0.3 is 6.18 Å². The van der Waals surface area contributed by atoms with Crippen molar-refractivity contribution in [3.05, 3.63) is 59.7 Å². The van der Waals surface area contributed by atoms with Crippen LogP contribution < -0.4 is 0 Å². The van der Waals surface area contributed by atoms with Crippen molar-refractivity contribution in [2.45, 2.75) is 12.9 Å². The van der Waals surface area contributed by atoms with Gasteiger partial charge in [-0.1, -0.05) is 36.4 Å². The smallest absolute Gasteiger partial charge is 0.246 e. The normalized spacial score (nSPS) is 11.6. The Morgan fingerprint density at radius 2 is 1.50 bits per heavy atom. The van der Waals surface area contributed by atoms with Crippen molar-refractivity contribution in [1.29, 1.82) is 0 Å². The highest BCUT2D eigenvalue weighted by Gasteiger charge is 2.30. The van der Waals surface area contributed by atoms with E-state index in [4.69, 9.17) is 0 Å². The second-order valence-corrected chi connectivity index (χ2v) is 3.91. The fourth-order valence-corrected chi connectivity index (χ4v) is 1.66. The van der Waals surface area contributed by atoms with Gasteiger partial charge in [0.2, 0.25) is 0 Å². The van der Waals surface area contributed by atoms with Gasteiger partial charge in [-0.15, -0.1) is 0 Å². The lowest BCUT2D eigenvalue weighted by atomic mass is 10.0. The van der Waals surface area contributed by atoms with Crippen molar-refractivity contribution >= 4 is 0 Å². The first-order valence-corrected chi connectivity index (χ1v) is 5.33. The summed E-state index contributed by atoms with van der Waals surface area (Å²) in [6.45, 7) is -0.580. The van der Waals surface area contributed by atoms with Gasteiger partial charge in [0.15, 0.2) is 0 Å². The summed E-state index contributed by atoms with van der Waals surface area (Å²) < 4.78 is 50.0. The van der Waals surface area contributed by atoms with E-state index in [1.165, 1.54) is 6.07 Å². The Kier molecular flexibility index (Phi) is 3.36. The van der Waals surface area contributed by atoms with Crippen molar-refractivity contribution in [2.24, 2.45) is 0 Å². The van der Waals surface area contributed by atoms with Gasteiger partial charge in [-0.25, -0.2) is 4.39 Å². The van der Waals surface area contributed by atoms with Crippen molar-refractivity contribution in [3.63, 3.8) is 0 Å². The van der Waals surface area contributed by atoms with Crippen LogP contribution in [0.25, 0.3) is 11.1 Å². The molecule has 0 nitrogen and oxygen atoms in total. The lowest BCUT2D eigenvalue weighted by Gasteiger charge is -2.09. The Balaban J connectivity index is 2.38. The SMILES string of the molecule is FCc1ccc(-c2cccc(C(F)(F)F)c2)cc1. The molecule has 2 rings (SSSR count). The van der Waals surface area contributed by atoms with Gasteiger partial charge in [0.25, 0.3) is 0 Å². The average molecular weight is 254 g/mol. The molecule has 0 aliphatic rings. The molecule has 18 heavy (non-hydrogen) atoms. The molecule has 0 aliphatic carbocycles. The van der Waals surface area contributed by atoms with E-state index in [0.717, 1.165) is 12.1 Å². The first-order chi connectivity index (χ1) is 8.50. The Bertz CT molecular complexity index is 526. The zero-order valence-corrected chi connectivity index (χ0v) is 9.34. The number of hydrogen-bond donors (Lipinski definition) is 0. The van der Waals surface area contributed by atoms with Gasteiger partial charge in [-0.3, -0.25) is 0 Å². The fraction of sp³-hybridized carbons (Fsp3) is 0.143. The number of benzene rings is 2. The van der Waals surface area contributed by atoms with E-state index in [2.05, 4.69) is 0 Å². The molecular weight excluding hydrogens is 244 g/mol. The molecular formula is C14H10F4. The number of rotatable bonds is 2. The van der Waals surface area contributed by atoms with Gasteiger partial charge in [0.05, 0.1) is 5.56 Å². The van der Waals surface area contributed by atoms with Gasteiger partial charge in [0.1, 0.15) is 6.67 Å². The first-order valence-electron chi connectivity index (χ1n) is 5.33. The van der Waals surface area contributed by atoms with Gasteiger partial charge in [0, 0.05) is 0 Å². The summed E-state index contributed by atoms with van der Waals surface area (Å²) in [4.78, 5) is 0. The largest absolute Gasteiger partial charge is 0.416 e. The minimum absolute atomic E-state index is 0.468. The van der Waals surface area contributed by atoms with Crippen LogP contribution in [-0.4, -0.2) is 0 Å². The van der Waals surface area contributed by atoms with Crippen molar-refractivity contribution < 1.29 is 17.6 Å². The summed E-state index contributed by atoms with van der Waals surface area (Å²) in [6, 6.07) is 11.4. The van der Waals surface area contributed by atoms with Gasteiger partial charge in [-0.05, 0) is 28.8 Å². The summed E-state index contributed by atoms with van der Waals surface area (Å²) in [7, 11) is 0. The standard InChI is InChI=1S/C14H10F4/c15-9-10-4-6-11(7-5-10)12-2-1-3-13(8-12)14(16,17)18/h1-8H,9H2. The molecule has 0 aliphatic heterocycles. The fourth-order valence-electron chi connectivity index (χ4n) is 1.66. The van der Waals surface area contributed by atoms with Crippen LogP contribution in [-0.2, 0) is 12.9 Å². The number of alkyl halides is 4. The molecule has 0 amide bonds. The Morgan fingerprint density at radius 3 is 2.06 bits per heavy atom. The van der Waals surface area contributed by atoms with E-state index >= 15 is 0 Å².